The lowest BCUT2D eigenvalue weighted by Gasteiger charge is -2.38. The van der Waals surface area contributed by atoms with Gasteiger partial charge in [0.1, 0.15) is 0 Å². The molecule has 2 amide bonds. The van der Waals surface area contributed by atoms with Crippen LogP contribution >= 0.6 is 0 Å². The highest BCUT2D eigenvalue weighted by Gasteiger charge is 2.39. The number of amides is 2. The molecule has 1 aliphatic heterocycles. The van der Waals surface area contributed by atoms with Crippen molar-refractivity contribution in [2.45, 2.75) is 46.1 Å². The molecular formula is C11H19NO3. The van der Waals surface area contributed by atoms with Crippen molar-refractivity contribution >= 4 is 11.8 Å². The molecule has 4 nitrogen and oxygen atoms in total. The van der Waals surface area contributed by atoms with Crippen LogP contribution in [0.25, 0.3) is 0 Å². The fourth-order valence-corrected chi connectivity index (χ4v) is 1.99. The highest BCUT2D eigenvalue weighted by Crippen LogP contribution is 2.32. The molecule has 1 N–H and O–H groups in total. The van der Waals surface area contributed by atoms with Crippen molar-refractivity contribution in [1.82, 2.24) is 4.90 Å². The summed E-state index contributed by atoms with van der Waals surface area (Å²) in [5.74, 6) is -0.311. The third-order valence-electron chi connectivity index (χ3n) is 2.84. The van der Waals surface area contributed by atoms with Gasteiger partial charge in [-0.15, -0.1) is 0 Å². The fourth-order valence-electron chi connectivity index (χ4n) is 1.99. The third kappa shape index (κ3) is 2.56. The normalized spacial score (nSPS) is 23.1. The monoisotopic (exact) mass is 213 g/mol. The molecule has 0 saturated carbocycles. The van der Waals surface area contributed by atoms with E-state index in [1.54, 1.807) is 0 Å². The van der Waals surface area contributed by atoms with Crippen LogP contribution in [0.2, 0.25) is 0 Å². The van der Waals surface area contributed by atoms with Crippen LogP contribution < -0.4 is 0 Å². The molecule has 4 heteroatoms. The first-order valence-electron chi connectivity index (χ1n) is 5.37. The van der Waals surface area contributed by atoms with Crippen LogP contribution in [0.1, 0.15) is 40.0 Å². The van der Waals surface area contributed by atoms with Gasteiger partial charge in [-0.3, -0.25) is 14.5 Å². The van der Waals surface area contributed by atoms with E-state index in [1.807, 2.05) is 20.8 Å². The lowest BCUT2D eigenvalue weighted by Crippen LogP contribution is -2.52. The van der Waals surface area contributed by atoms with Gasteiger partial charge < -0.3 is 5.11 Å². The molecule has 86 valence electrons. The Labute approximate surface area is 90.3 Å². The van der Waals surface area contributed by atoms with E-state index in [2.05, 4.69) is 0 Å². The highest BCUT2D eigenvalue weighted by molar-refractivity contribution is 5.98. The molecule has 1 saturated heterocycles. The Hall–Kier alpha value is -0.900. The van der Waals surface area contributed by atoms with Gasteiger partial charge in [0, 0.05) is 12.8 Å². The largest absolute Gasteiger partial charge is 0.394 e. The average molecular weight is 213 g/mol. The number of aliphatic hydroxyl groups excluding tert-OH is 1. The van der Waals surface area contributed by atoms with E-state index in [0.29, 0.717) is 19.3 Å². The Bertz CT molecular complexity index is 249. The number of carbonyl (C=O) groups is 2. The minimum Gasteiger partial charge on any atom is -0.394 e. The molecule has 0 aliphatic carbocycles. The average Bonchev–Trinajstić information content (AvgIpc) is 2.09. The number of piperidine rings is 1. The van der Waals surface area contributed by atoms with Gasteiger partial charge in [-0.25, -0.2) is 0 Å². The molecule has 1 atom stereocenters. The summed E-state index contributed by atoms with van der Waals surface area (Å²) in [7, 11) is 0. The van der Waals surface area contributed by atoms with Crippen molar-refractivity contribution in [2.24, 2.45) is 5.41 Å². The maximum Gasteiger partial charge on any atom is 0.230 e. The van der Waals surface area contributed by atoms with Gasteiger partial charge in [0.05, 0.1) is 12.6 Å². The Morgan fingerprint density at radius 2 is 1.80 bits per heavy atom. The highest BCUT2D eigenvalue weighted by atomic mass is 16.3. The maximum atomic E-state index is 11.8. The first-order valence-corrected chi connectivity index (χ1v) is 5.37. The van der Waals surface area contributed by atoms with Crippen LogP contribution in [0, 0.1) is 5.41 Å². The molecule has 0 aromatic carbocycles. The van der Waals surface area contributed by atoms with Crippen molar-refractivity contribution in [2.75, 3.05) is 6.61 Å². The molecule has 0 aromatic heterocycles. The molecular weight excluding hydrogens is 194 g/mol. The molecule has 0 radical (unpaired) electrons. The number of aliphatic hydroxyl groups is 1. The van der Waals surface area contributed by atoms with Gasteiger partial charge >= 0.3 is 0 Å². The number of likely N-dealkylation sites (tertiary alicyclic amines) is 1. The van der Waals surface area contributed by atoms with Gasteiger partial charge in [0.2, 0.25) is 11.8 Å². The summed E-state index contributed by atoms with van der Waals surface area (Å²) in [6.07, 6.45) is 1.37. The summed E-state index contributed by atoms with van der Waals surface area (Å²) in [4.78, 5) is 24.8. The van der Waals surface area contributed by atoms with Gasteiger partial charge in [0.15, 0.2) is 0 Å². The molecule has 1 heterocycles. The molecule has 0 spiro atoms. The van der Waals surface area contributed by atoms with Crippen LogP contribution in [0.3, 0.4) is 0 Å². The predicted molar refractivity (Wildman–Crippen MR) is 56.0 cm³/mol. The van der Waals surface area contributed by atoms with Crippen molar-refractivity contribution in [3.05, 3.63) is 0 Å². The standard InChI is InChI=1S/C11H19NO3/c1-4-8(7-13)12-9(14)5-11(2,3)6-10(12)15/h8,13H,4-7H2,1-3H3. The number of carbonyl (C=O) groups excluding carboxylic acids is 2. The maximum absolute atomic E-state index is 11.8. The predicted octanol–water partition coefficient (Wildman–Crippen LogP) is 0.932. The van der Waals surface area contributed by atoms with Crippen molar-refractivity contribution in [1.29, 1.82) is 0 Å². The molecule has 1 rings (SSSR count). The topological polar surface area (TPSA) is 57.6 Å². The number of nitrogens with zero attached hydrogens (tertiary/aromatic N) is 1. The molecule has 0 aromatic rings. The Balaban J connectivity index is 2.83. The van der Waals surface area contributed by atoms with Gasteiger partial charge in [0.25, 0.3) is 0 Å². The second kappa shape index (κ2) is 4.31. The smallest absolute Gasteiger partial charge is 0.230 e. The molecule has 0 bridgehead atoms. The van der Waals surface area contributed by atoms with E-state index in [0.717, 1.165) is 0 Å². The summed E-state index contributed by atoms with van der Waals surface area (Å²) in [6.45, 7) is 5.55. The fraction of sp³-hybridized carbons (Fsp3) is 0.818. The summed E-state index contributed by atoms with van der Waals surface area (Å²) >= 11 is 0. The van der Waals surface area contributed by atoms with Crippen molar-refractivity contribution < 1.29 is 14.7 Å². The zero-order valence-electron chi connectivity index (χ0n) is 9.62. The Kier molecular flexibility index (Phi) is 3.50. The number of rotatable bonds is 3. The number of hydrogen-bond donors (Lipinski definition) is 1. The summed E-state index contributed by atoms with van der Waals surface area (Å²) in [5, 5.41) is 9.10. The number of hydrogen-bond acceptors (Lipinski definition) is 3. The van der Waals surface area contributed by atoms with Crippen LogP contribution in [0.5, 0.6) is 0 Å². The third-order valence-corrected chi connectivity index (χ3v) is 2.84. The lowest BCUT2D eigenvalue weighted by atomic mass is 9.81. The quantitative estimate of drug-likeness (QED) is 0.710. The van der Waals surface area contributed by atoms with Crippen LogP contribution in [0.4, 0.5) is 0 Å². The van der Waals surface area contributed by atoms with Gasteiger partial charge in [-0.05, 0) is 11.8 Å². The van der Waals surface area contributed by atoms with E-state index in [-0.39, 0.29) is 29.9 Å². The minimum absolute atomic E-state index is 0.144. The lowest BCUT2D eigenvalue weighted by molar-refractivity contribution is -0.156. The van der Waals surface area contributed by atoms with Crippen molar-refractivity contribution in [3.63, 3.8) is 0 Å². The molecule has 1 fully saturated rings. The first kappa shape index (κ1) is 12.2. The zero-order valence-corrected chi connectivity index (χ0v) is 9.62. The SMILES string of the molecule is CCC(CO)N1C(=O)CC(C)(C)CC1=O. The first-order chi connectivity index (χ1) is 6.91. The molecule has 15 heavy (non-hydrogen) atoms. The van der Waals surface area contributed by atoms with E-state index < -0.39 is 0 Å². The van der Waals surface area contributed by atoms with Crippen molar-refractivity contribution in [3.8, 4) is 0 Å². The van der Waals surface area contributed by atoms with E-state index in [4.69, 9.17) is 5.11 Å². The minimum atomic E-state index is -0.346. The Morgan fingerprint density at radius 1 is 1.33 bits per heavy atom. The second-order valence-corrected chi connectivity index (χ2v) is 4.92. The van der Waals surface area contributed by atoms with E-state index in [1.165, 1.54) is 4.90 Å². The summed E-state index contributed by atoms with van der Waals surface area (Å²) < 4.78 is 0. The summed E-state index contributed by atoms with van der Waals surface area (Å²) in [5.41, 5.74) is -0.238. The Morgan fingerprint density at radius 3 is 2.13 bits per heavy atom. The van der Waals surface area contributed by atoms with Gasteiger partial charge in [-0.1, -0.05) is 20.8 Å². The number of imide groups is 1. The molecule has 1 aliphatic rings. The van der Waals surface area contributed by atoms with Crippen LogP contribution in [-0.2, 0) is 9.59 Å². The second-order valence-electron chi connectivity index (χ2n) is 4.92. The van der Waals surface area contributed by atoms with Crippen LogP contribution in [0.15, 0.2) is 0 Å². The summed E-state index contributed by atoms with van der Waals surface area (Å²) in [6, 6.07) is -0.346. The van der Waals surface area contributed by atoms with E-state index in [9.17, 15) is 9.59 Å². The van der Waals surface area contributed by atoms with Crippen LogP contribution in [-0.4, -0.2) is 34.5 Å². The van der Waals surface area contributed by atoms with Gasteiger partial charge in [-0.2, -0.15) is 0 Å². The van der Waals surface area contributed by atoms with E-state index >= 15 is 0 Å². The zero-order chi connectivity index (χ0) is 11.6. The molecule has 1 unspecified atom stereocenters.